The lowest BCUT2D eigenvalue weighted by Crippen LogP contribution is -2.26. The van der Waals surface area contributed by atoms with Crippen LogP contribution in [0.2, 0.25) is 10.0 Å². The Bertz CT molecular complexity index is 943. The third-order valence-electron chi connectivity index (χ3n) is 4.32. The summed E-state index contributed by atoms with van der Waals surface area (Å²) in [5.41, 5.74) is 24.8. The van der Waals surface area contributed by atoms with E-state index >= 15 is 0 Å². The topological polar surface area (TPSA) is 178 Å². The molecule has 2 aromatic carbocycles. The summed E-state index contributed by atoms with van der Waals surface area (Å²) in [7, 11) is 0. The second-order valence-corrected chi connectivity index (χ2v) is 8.02. The fraction of sp³-hybridized carbons (Fsp3) is 0.273. The number of rotatable bonds is 9. The number of halogens is 4. The van der Waals surface area contributed by atoms with Gasteiger partial charge in [0.1, 0.15) is 0 Å². The Labute approximate surface area is 255 Å². The molecule has 0 saturated carbocycles. The van der Waals surface area contributed by atoms with Gasteiger partial charge in [-0.1, -0.05) is 36.0 Å². The highest BCUT2D eigenvalue weighted by atomic mass is 127. The van der Waals surface area contributed by atoms with E-state index in [4.69, 9.17) is 46.1 Å². The van der Waals surface area contributed by atoms with Crippen LogP contribution >= 0.6 is 71.2 Å². The third kappa shape index (κ3) is 15.2. The van der Waals surface area contributed by atoms with Crippen LogP contribution in [0.5, 0.6) is 0 Å². The summed E-state index contributed by atoms with van der Waals surface area (Å²) in [4.78, 5) is 16.5. The lowest BCUT2D eigenvalue weighted by Gasteiger charge is -2.05. The van der Waals surface area contributed by atoms with Gasteiger partial charge >= 0.3 is 0 Å². The van der Waals surface area contributed by atoms with E-state index in [1.54, 1.807) is 48.5 Å². The molecule has 0 heterocycles. The molecule has 0 spiro atoms. The van der Waals surface area contributed by atoms with Crippen molar-refractivity contribution in [1.29, 1.82) is 0 Å². The van der Waals surface area contributed by atoms with Gasteiger partial charge in [0.05, 0.1) is 0 Å². The van der Waals surface area contributed by atoms with Crippen molar-refractivity contribution in [1.82, 2.24) is 0 Å². The van der Waals surface area contributed by atoms with E-state index in [0.29, 0.717) is 23.1 Å². The van der Waals surface area contributed by atoms with Gasteiger partial charge < -0.3 is 33.6 Å². The van der Waals surface area contributed by atoms with E-state index in [1.807, 2.05) is 0 Å². The molecule has 0 radical (unpaired) electrons. The minimum absolute atomic E-state index is 0. The zero-order valence-electron chi connectivity index (χ0n) is 19.5. The number of nitrogens with two attached hydrogens (primary N) is 4. The van der Waals surface area contributed by atoms with Gasteiger partial charge in [0.2, 0.25) is 23.8 Å². The van der Waals surface area contributed by atoms with Crippen LogP contribution < -0.4 is 33.6 Å². The molecule has 0 atom stereocenters. The molecule has 2 rings (SSSR count). The number of benzene rings is 2. The van der Waals surface area contributed by atoms with E-state index in [-0.39, 0.29) is 71.8 Å². The number of nitrogens with zero attached hydrogens (tertiary/aromatic N) is 4. The fourth-order valence-electron chi connectivity index (χ4n) is 2.70. The fourth-order valence-corrected chi connectivity index (χ4v) is 2.95. The second-order valence-electron chi connectivity index (χ2n) is 7.15. The number of aliphatic imine (C=N–C) groups is 4. The van der Waals surface area contributed by atoms with Crippen molar-refractivity contribution < 1.29 is 0 Å². The summed E-state index contributed by atoms with van der Waals surface area (Å²) in [6, 6.07) is 14.1. The summed E-state index contributed by atoms with van der Waals surface area (Å²) in [6.07, 6.45) is 3.68. The van der Waals surface area contributed by atoms with E-state index in [9.17, 15) is 0 Å². The molecule has 0 unspecified atom stereocenters. The van der Waals surface area contributed by atoms with Crippen molar-refractivity contribution in [3.05, 3.63) is 58.6 Å². The van der Waals surface area contributed by atoms with E-state index in [2.05, 4.69) is 30.6 Å². The smallest absolute Gasteiger partial charge is 0.218 e. The van der Waals surface area contributed by atoms with Crippen molar-refractivity contribution in [2.45, 2.75) is 25.7 Å². The standard InChI is InChI=1S/C22H30Cl2N10.2HI/c23-15-5-9-17(10-6-15)31-21(27)33-19(25)29-13-3-1-2-4-14-30-20(26)34-22(28)32-18-11-7-16(24)8-12-18;;/h5-12H,1-4,13-14H2,(H5,25,27,29,31,33)(H5,26,28,30,32,34);2*1H. The Kier molecular flexibility index (Phi) is 18.0. The highest BCUT2D eigenvalue weighted by Crippen LogP contribution is 2.13. The predicted octanol–water partition coefficient (Wildman–Crippen LogP) is 4.57. The third-order valence-corrected chi connectivity index (χ3v) is 4.82. The SMILES string of the molecule is I.I.NC(=NCCCCCCN=C(N)N=C(N)Nc1ccc(Cl)cc1)N=C(N)Nc1ccc(Cl)cc1. The summed E-state index contributed by atoms with van der Waals surface area (Å²) >= 11 is 11.7. The van der Waals surface area contributed by atoms with E-state index < -0.39 is 0 Å². The molecule has 2 aromatic rings. The maximum atomic E-state index is 5.85. The number of anilines is 2. The minimum Gasteiger partial charge on any atom is -0.369 e. The zero-order chi connectivity index (χ0) is 24.8. The van der Waals surface area contributed by atoms with Crippen LogP contribution in [0.25, 0.3) is 0 Å². The average molecular weight is 761 g/mol. The van der Waals surface area contributed by atoms with Crippen LogP contribution in [0.1, 0.15) is 25.7 Å². The van der Waals surface area contributed by atoms with Gasteiger partial charge in [0.15, 0.2) is 0 Å². The number of unbranched alkanes of at least 4 members (excludes halogenated alkanes) is 3. The normalized spacial score (nSPS) is 12.4. The van der Waals surface area contributed by atoms with Crippen molar-refractivity contribution in [3.8, 4) is 0 Å². The summed E-state index contributed by atoms with van der Waals surface area (Å²) in [6.45, 7) is 1.12. The molecule has 36 heavy (non-hydrogen) atoms. The van der Waals surface area contributed by atoms with Gasteiger partial charge in [-0.3, -0.25) is 9.98 Å². The van der Waals surface area contributed by atoms with Crippen LogP contribution in [0.3, 0.4) is 0 Å². The van der Waals surface area contributed by atoms with Gasteiger partial charge in [0, 0.05) is 34.5 Å². The van der Waals surface area contributed by atoms with Crippen LogP contribution in [-0.2, 0) is 0 Å². The number of guanidine groups is 4. The van der Waals surface area contributed by atoms with Crippen LogP contribution in [0.15, 0.2) is 68.5 Å². The Morgan fingerprint density at radius 2 is 0.917 bits per heavy atom. The molecule has 0 saturated heterocycles. The molecule has 198 valence electrons. The molecule has 0 amide bonds. The molecule has 10 N–H and O–H groups in total. The van der Waals surface area contributed by atoms with Gasteiger partial charge in [-0.2, -0.15) is 9.98 Å². The number of hydrogen-bond acceptors (Lipinski definition) is 2. The molecular weight excluding hydrogens is 729 g/mol. The monoisotopic (exact) mass is 760 g/mol. The maximum Gasteiger partial charge on any atom is 0.218 e. The van der Waals surface area contributed by atoms with Crippen molar-refractivity contribution in [3.63, 3.8) is 0 Å². The molecule has 14 heteroatoms. The van der Waals surface area contributed by atoms with E-state index in [0.717, 1.165) is 37.1 Å². The first-order chi connectivity index (χ1) is 16.3. The number of nitrogens with one attached hydrogen (secondary N) is 2. The molecular formula is C22H32Cl2I2N10. The van der Waals surface area contributed by atoms with Crippen molar-refractivity contribution in [2.24, 2.45) is 42.9 Å². The Morgan fingerprint density at radius 1 is 0.583 bits per heavy atom. The van der Waals surface area contributed by atoms with Crippen LogP contribution in [0.4, 0.5) is 11.4 Å². The zero-order valence-corrected chi connectivity index (χ0v) is 25.7. The molecule has 0 aliphatic carbocycles. The Morgan fingerprint density at radius 3 is 1.25 bits per heavy atom. The first-order valence-corrected chi connectivity index (χ1v) is 11.4. The molecule has 0 fully saturated rings. The first kappa shape index (κ1) is 34.0. The first-order valence-electron chi connectivity index (χ1n) is 10.6. The van der Waals surface area contributed by atoms with E-state index in [1.165, 1.54) is 0 Å². The number of hydrogen-bond donors (Lipinski definition) is 6. The lowest BCUT2D eigenvalue weighted by molar-refractivity contribution is 0.653. The van der Waals surface area contributed by atoms with Gasteiger partial charge in [-0.25, -0.2) is 0 Å². The predicted molar refractivity (Wildman–Crippen MR) is 176 cm³/mol. The Hall–Kier alpha value is -2.04. The summed E-state index contributed by atoms with van der Waals surface area (Å²) in [5, 5.41) is 7.11. The van der Waals surface area contributed by atoms with Gasteiger partial charge in [0.25, 0.3) is 0 Å². The molecule has 0 aromatic heterocycles. The highest BCUT2D eigenvalue weighted by Gasteiger charge is 1.99. The summed E-state index contributed by atoms with van der Waals surface area (Å²) in [5.74, 6) is 0.564. The molecule has 10 nitrogen and oxygen atoms in total. The molecule has 0 aliphatic rings. The van der Waals surface area contributed by atoms with Crippen molar-refractivity contribution >= 4 is 106 Å². The average Bonchev–Trinajstić information content (AvgIpc) is 2.78. The Balaban J connectivity index is 0.00000612. The van der Waals surface area contributed by atoms with Crippen molar-refractivity contribution in [2.75, 3.05) is 23.7 Å². The second kappa shape index (κ2) is 19.1. The molecule has 0 aliphatic heterocycles. The summed E-state index contributed by atoms with van der Waals surface area (Å²) < 4.78 is 0. The largest absolute Gasteiger partial charge is 0.369 e. The van der Waals surface area contributed by atoms with Crippen LogP contribution in [-0.4, -0.2) is 36.9 Å². The van der Waals surface area contributed by atoms with Gasteiger partial charge in [-0.05, 0) is 61.4 Å². The lowest BCUT2D eigenvalue weighted by atomic mass is 10.2. The maximum absolute atomic E-state index is 5.85. The highest BCUT2D eigenvalue weighted by molar-refractivity contribution is 14.0. The molecule has 0 bridgehead atoms. The van der Waals surface area contributed by atoms with Gasteiger partial charge in [-0.15, -0.1) is 48.0 Å². The minimum atomic E-state index is 0. The van der Waals surface area contributed by atoms with Crippen LogP contribution in [0, 0.1) is 0 Å². The quantitative estimate of drug-likeness (QED) is 0.0944.